The van der Waals surface area contributed by atoms with Crippen LogP contribution in [0.1, 0.15) is 35.6 Å². The predicted octanol–water partition coefficient (Wildman–Crippen LogP) is 2.26. The molecule has 3 rings (SSSR count). The maximum Gasteiger partial charge on any atom is 0.160 e. The molecule has 0 aliphatic heterocycles. The topological polar surface area (TPSA) is 64.5 Å². The molecule has 0 aromatic heterocycles. The van der Waals surface area contributed by atoms with E-state index in [1.54, 1.807) is 14.2 Å². The van der Waals surface area contributed by atoms with E-state index in [0.717, 1.165) is 43.7 Å². The Labute approximate surface area is 167 Å². The van der Waals surface area contributed by atoms with Crippen LogP contribution in [0, 0.1) is 0 Å². The Balaban J connectivity index is 1.38. The van der Waals surface area contributed by atoms with E-state index in [1.807, 2.05) is 12.1 Å². The zero-order valence-corrected chi connectivity index (χ0v) is 16.9. The SMILES string of the molecule is COc1ccc(CC[NH2+]C[C@@H](O)CO[C@@H]2CCCc3ccccc32)cc1OC. The van der Waals surface area contributed by atoms with Crippen LogP contribution in [0.2, 0.25) is 0 Å². The Morgan fingerprint density at radius 3 is 2.75 bits per heavy atom. The molecule has 2 atom stereocenters. The summed E-state index contributed by atoms with van der Waals surface area (Å²) in [5.41, 5.74) is 3.87. The van der Waals surface area contributed by atoms with Gasteiger partial charge in [-0.2, -0.15) is 0 Å². The van der Waals surface area contributed by atoms with Gasteiger partial charge in [0.2, 0.25) is 0 Å². The molecule has 5 nitrogen and oxygen atoms in total. The van der Waals surface area contributed by atoms with E-state index in [2.05, 4.69) is 35.6 Å². The van der Waals surface area contributed by atoms with E-state index < -0.39 is 6.10 Å². The van der Waals surface area contributed by atoms with Gasteiger partial charge in [-0.25, -0.2) is 0 Å². The molecular formula is C23H32NO4+. The minimum atomic E-state index is -0.459. The van der Waals surface area contributed by atoms with E-state index in [4.69, 9.17) is 14.2 Å². The quantitative estimate of drug-likeness (QED) is 0.615. The van der Waals surface area contributed by atoms with Crippen molar-refractivity contribution in [2.75, 3.05) is 33.9 Å². The number of ether oxygens (including phenoxy) is 3. The van der Waals surface area contributed by atoms with Gasteiger partial charge in [-0.1, -0.05) is 30.3 Å². The summed E-state index contributed by atoms with van der Waals surface area (Å²) in [5.74, 6) is 1.49. The highest BCUT2D eigenvalue weighted by atomic mass is 16.5. The van der Waals surface area contributed by atoms with Crippen LogP contribution in [0.3, 0.4) is 0 Å². The van der Waals surface area contributed by atoms with E-state index in [-0.39, 0.29) is 6.10 Å². The molecule has 0 radical (unpaired) electrons. The number of hydrogen-bond donors (Lipinski definition) is 2. The monoisotopic (exact) mass is 386 g/mol. The Morgan fingerprint density at radius 2 is 1.93 bits per heavy atom. The second kappa shape index (κ2) is 10.5. The number of benzene rings is 2. The molecule has 0 heterocycles. The van der Waals surface area contributed by atoms with Crippen LogP contribution in [0.25, 0.3) is 0 Å². The van der Waals surface area contributed by atoms with Crippen molar-refractivity contribution in [3.8, 4) is 11.5 Å². The van der Waals surface area contributed by atoms with Crippen molar-refractivity contribution in [1.29, 1.82) is 0 Å². The Hall–Kier alpha value is -2.08. The zero-order valence-electron chi connectivity index (χ0n) is 16.9. The first kappa shape index (κ1) is 20.6. The van der Waals surface area contributed by atoms with Crippen molar-refractivity contribution < 1.29 is 24.6 Å². The third-order valence-electron chi connectivity index (χ3n) is 5.33. The van der Waals surface area contributed by atoms with Crippen molar-refractivity contribution in [2.24, 2.45) is 0 Å². The Morgan fingerprint density at radius 1 is 1.11 bits per heavy atom. The van der Waals surface area contributed by atoms with Crippen LogP contribution >= 0.6 is 0 Å². The molecule has 28 heavy (non-hydrogen) atoms. The molecular weight excluding hydrogens is 354 g/mol. The highest BCUT2D eigenvalue weighted by Gasteiger charge is 2.21. The summed E-state index contributed by atoms with van der Waals surface area (Å²) < 4.78 is 16.7. The van der Waals surface area contributed by atoms with Gasteiger partial charge in [0.05, 0.1) is 33.5 Å². The summed E-state index contributed by atoms with van der Waals surface area (Å²) in [5, 5.41) is 12.4. The lowest BCUT2D eigenvalue weighted by atomic mass is 9.89. The molecule has 0 spiro atoms. The fourth-order valence-electron chi connectivity index (χ4n) is 3.79. The molecule has 0 unspecified atom stereocenters. The van der Waals surface area contributed by atoms with Gasteiger partial charge in [-0.15, -0.1) is 0 Å². The summed E-state index contributed by atoms with van der Waals surface area (Å²) in [7, 11) is 3.29. The first-order chi connectivity index (χ1) is 13.7. The van der Waals surface area contributed by atoms with Crippen molar-refractivity contribution >= 4 is 0 Å². The van der Waals surface area contributed by atoms with Crippen LogP contribution in [-0.2, 0) is 17.6 Å². The molecule has 3 N–H and O–H groups in total. The first-order valence-electron chi connectivity index (χ1n) is 10.1. The van der Waals surface area contributed by atoms with Gasteiger partial charge in [0.15, 0.2) is 11.5 Å². The maximum atomic E-state index is 10.3. The second-order valence-corrected chi connectivity index (χ2v) is 7.32. The van der Waals surface area contributed by atoms with E-state index in [1.165, 1.54) is 16.7 Å². The molecule has 0 bridgehead atoms. The van der Waals surface area contributed by atoms with Crippen molar-refractivity contribution in [1.82, 2.24) is 0 Å². The summed E-state index contributed by atoms with van der Waals surface area (Å²) >= 11 is 0. The molecule has 1 aliphatic carbocycles. The van der Waals surface area contributed by atoms with Crippen LogP contribution < -0.4 is 14.8 Å². The smallest absolute Gasteiger partial charge is 0.160 e. The minimum Gasteiger partial charge on any atom is -0.493 e. The average Bonchev–Trinajstić information content (AvgIpc) is 2.75. The molecule has 2 aromatic carbocycles. The second-order valence-electron chi connectivity index (χ2n) is 7.32. The number of rotatable bonds is 10. The number of hydrogen-bond acceptors (Lipinski definition) is 4. The van der Waals surface area contributed by atoms with E-state index >= 15 is 0 Å². The van der Waals surface area contributed by atoms with Crippen LogP contribution in [-0.4, -0.2) is 45.1 Å². The van der Waals surface area contributed by atoms with Crippen LogP contribution in [0.5, 0.6) is 11.5 Å². The zero-order chi connectivity index (χ0) is 19.8. The Bertz CT molecular complexity index is 749. The molecule has 5 heteroatoms. The van der Waals surface area contributed by atoms with Crippen molar-refractivity contribution in [3.05, 3.63) is 59.2 Å². The summed E-state index contributed by atoms with van der Waals surface area (Å²) in [4.78, 5) is 0. The molecule has 0 saturated heterocycles. The number of methoxy groups -OCH3 is 2. The third-order valence-corrected chi connectivity index (χ3v) is 5.33. The maximum absolute atomic E-state index is 10.3. The van der Waals surface area contributed by atoms with Crippen LogP contribution in [0.15, 0.2) is 42.5 Å². The lowest BCUT2D eigenvalue weighted by Gasteiger charge is -2.26. The lowest BCUT2D eigenvalue weighted by molar-refractivity contribution is -0.660. The third kappa shape index (κ3) is 5.47. The minimum absolute atomic E-state index is 0.117. The van der Waals surface area contributed by atoms with E-state index in [9.17, 15) is 5.11 Å². The summed E-state index contributed by atoms with van der Waals surface area (Å²) in [6.45, 7) is 1.92. The van der Waals surface area contributed by atoms with Gasteiger partial charge >= 0.3 is 0 Å². The first-order valence-corrected chi connectivity index (χ1v) is 10.1. The van der Waals surface area contributed by atoms with Gasteiger partial charge in [0.25, 0.3) is 0 Å². The van der Waals surface area contributed by atoms with Gasteiger partial charge in [-0.3, -0.25) is 0 Å². The molecule has 0 amide bonds. The van der Waals surface area contributed by atoms with Crippen LogP contribution in [0.4, 0.5) is 0 Å². The van der Waals surface area contributed by atoms with Crippen molar-refractivity contribution in [2.45, 2.75) is 37.9 Å². The number of aryl methyl sites for hydroxylation is 1. The van der Waals surface area contributed by atoms with Gasteiger partial charge in [0, 0.05) is 6.42 Å². The van der Waals surface area contributed by atoms with Gasteiger partial charge in [0.1, 0.15) is 12.6 Å². The normalized spacial score (nSPS) is 17.0. The lowest BCUT2D eigenvalue weighted by Crippen LogP contribution is -2.87. The number of fused-ring (bicyclic) bond motifs is 1. The summed E-state index contributed by atoms with van der Waals surface area (Å²) in [6, 6.07) is 14.5. The number of aliphatic hydroxyl groups excluding tert-OH is 1. The molecule has 152 valence electrons. The highest BCUT2D eigenvalue weighted by molar-refractivity contribution is 5.42. The standard InChI is InChI=1S/C23H31NO4/c1-26-22-11-10-17(14-23(22)27-2)12-13-24-15-19(25)16-28-21-9-5-7-18-6-3-4-8-20(18)21/h3-4,6,8,10-11,14,19,21,24-25H,5,7,9,12-13,15-16H2,1-2H3/p+1/t19-,21-/m1/s1. The fourth-order valence-corrected chi connectivity index (χ4v) is 3.79. The molecule has 0 saturated carbocycles. The van der Waals surface area contributed by atoms with Gasteiger partial charge < -0.3 is 24.6 Å². The summed E-state index contributed by atoms with van der Waals surface area (Å²) in [6.07, 6.45) is 3.87. The Kier molecular flexibility index (Phi) is 7.71. The molecule has 1 aliphatic rings. The molecule has 2 aromatic rings. The van der Waals surface area contributed by atoms with Crippen molar-refractivity contribution in [3.63, 3.8) is 0 Å². The number of nitrogens with two attached hydrogens (primary N) is 1. The average molecular weight is 387 g/mol. The largest absolute Gasteiger partial charge is 0.493 e. The fraction of sp³-hybridized carbons (Fsp3) is 0.478. The number of aliphatic hydroxyl groups is 1. The van der Waals surface area contributed by atoms with Gasteiger partial charge in [-0.05, 0) is 48.1 Å². The highest BCUT2D eigenvalue weighted by Crippen LogP contribution is 2.32. The molecule has 0 fully saturated rings. The van der Waals surface area contributed by atoms with E-state index in [0.29, 0.717) is 13.2 Å². The number of quaternary nitrogens is 1. The predicted molar refractivity (Wildman–Crippen MR) is 109 cm³/mol.